The normalized spacial score (nSPS) is 11.8. The molecule has 0 N–H and O–H groups in total. The van der Waals surface area contributed by atoms with Crippen LogP contribution >= 0.6 is 0 Å². The Kier molecular flexibility index (Phi) is 7.64. The summed E-state index contributed by atoms with van der Waals surface area (Å²) in [4.78, 5) is 11.1. The van der Waals surface area contributed by atoms with E-state index in [0.717, 1.165) is 11.3 Å². The van der Waals surface area contributed by atoms with Crippen molar-refractivity contribution in [3.8, 4) is 0 Å². The third kappa shape index (κ3) is 8.90. The molecule has 0 atom stereocenters. The van der Waals surface area contributed by atoms with Crippen LogP contribution in [0.5, 0.6) is 0 Å². The van der Waals surface area contributed by atoms with Gasteiger partial charge in [-0.1, -0.05) is 38.5 Å². The van der Waals surface area contributed by atoms with Crippen LogP contribution in [0, 0.1) is 12.3 Å². The summed E-state index contributed by atoms with van der Waals surface area (Å²) in [5.74, 6) is 1.12. The molecule has 0 aliphatic rings. The number of carbonyl (C=O) groups is 1. The molecule has 0 bridgehead atoms. The van der Waals surface area contributed by atoms with Gasteiger partial charge >= 0.3 is 0 Å². The van der Waals surface area contributed by atoms with E-state index < -0.39 is 10.1 Å². The summed E-state index contributed by atoms with van der Waals surface area (Å²) >= 11 is 0. The van der Waals surface area contributed by atoms with Crippen LogP contribution in [-0.4, -0.2) is 37.0 Å². The Balaban J connectivity index is 0.000000384. The Bertz CT molecular complexity index is 552. The second kappa shape index (κ2) is 7.96. The molecule has 0 aliphatic heterocycles. The van der Waals surface area contributed by atoms with Gasteiger partial charge in [-0.15, -0.1) is 0 Å². The van der Waals surface area contributed by atoms with E-state index in [1.54, 1.807) is 12.1 Å². The lowest BCUT2D eigenvalue weighted by molar-refractivity contribution is -0.123. The second-order valence-corrected chi connectivity index (χ2v) is 9.71. The SMILES string of the molecule is C[S+](C)CC(=O)C(C)(C)C.Cc1ccc(S(=O)(=O)[O-])cc1. The summed E-state index contributed by atoms with van der Waals surface area (Å²) in [6.45, 7) is 7.74. The topological polar surface area (TPSA) is 74.3 Å². The number of aryl methyl sites for hydroxylation is 1. The van der Waals surface area contributed by atoms with E-state index in [-0.39, 0.29) is 21.2 Å². The van der Waals surface area contributed by atoms with E-state index in [4.69, 9.17) is 0 Å². The lowest BCUT2D eigenvalue weighted by atomic mass is 9.92. The van der Waals surface area contributed by atoms with E-state index in [2.05, 4.69) is 12.5 Å². The molecule has 0 unspecified atom stereocenters. The van der Waals surface area contributed by atoms with Gasteiger partial charge in [-0.25, -0.2) is 8.42 Å². The van der Waals surface area contributed by atoms with Crippen LogP contribution in [0.15, 0.2) is 29.2 Å². The van der Waals surface area contributed by atoms with Gasteiger partial charge in [0, 0.05) is 5.41 Å². The minimum atomic E-state index is -4.27. The van der Waals surface area contributed by atoms with Gasteiger partial charge in [-0.05, 0) is 30.0 Å². The maximum atomic E-state index is 11.3. The average molecular weight is 332 g/mol. The zero-order valence-corrected chi connectivity index (χ0v) is 15.1. The van der Waals surface area contributed by atoms with Crippen molar-refractivity contribution in [1.82, 2.24) is 0 Å². The van der Waals surface area contributed by atoms with Gasteiger partial charge in [-0.3, -0.25) is 4.79 Å². The van der Waals surface area contributed by atoms with Crippen molar-refractivity contribution < 1.29 is 17.8 Å². The molecule has 0 radical (unpaired) electrons. The Hall–Kier alpha value is -0.850. The number of carbonyl (C=O) groups excluding carboxylic acids is 1. The molecular formula is C15H24O4S2. The monoisotopic (exact) mass is 332 g/mol. The number of benzene rings is 1. The number of hydrogen-bond acceptors (Lipinski definition) is 4. The van der Waals surface area contributed by atoms with Crippen molar-refractivity contribution >= 4 is 26.8 Å². The highest BCUT2D eigenvalue weighted by molar-refractivity contribution is 7.96. The van der Waals surface area contributed by atoms with Crippen molar-refractivity contribution in [2.24, 2.45) is 5.41 Å². The quantitative estimate of drug-likeness (QED) is 0.629. The minimum Gasteiger partial charge on any atom is -0.744 e. The van der Waals surface area contributed by atoms with Crippen molar-refractivity contribution in [1.29, 1.82) is 0 Å². The molecule has 4 nitrogen and oxygen atoms in total. The van der Waals surface area contributed by atoms with Gasteiger partial charge < -0.3 is 4.55 Å². The minimum absolute atomic E-state index is 0.142. The lowest BCUT2D eigenvalue weighted by Gasteiger charge is -2.14. The van der Waals surface area contributed by atoms with Crippen LogP contribution in [-0.2, 0) is 25.8 Å². The van der Waals surface area contributed by atoms with Crippen LogP contribution in [0.25, 0.3) is 0 Å². The van der Waals surface area contributed by atoms with E-state index in [0.29, 0.717) is 5.78 Å². The number of Topliss-reactive ketones (excluding diaryl/α,β-unsaturated/α-hetero) is 1. The Morgan fingerprint density at radius 1 is 1.14 bits per heavy atom. The van der Waals surface area contributed by atoms with E-state index in [9.17, 15) is 17.8 Å². The number of hydrogen-bond donors (Lipinski definition) is 0. The largest absolute Gasteiger partial charge is 0.744 e. The molecule has 1 rings (SSSR count). The van der Waals surface area contributed by atoms with E-state index in [1.807, 2.05) is 27.7 Å². The molecule has 1 aromatic carbocycles. The molecule has 1 aromatic rings. The standard InChI is InChI=1S/C8H17OS.C7H8O3S/c1-8(2,3)7(9)6-10(4)5;1-6-2-4-7(5-3-6)11(8,9)10/h6H2,1-5H3;2-5H,1H3,(H,8,9,10)/q+1;/p-1. The first-order valence-corrected chi connectivity index (χ1v) is 10.1. The first-order valence-electron chi connectivity index (χ1n) is 6.44. The van der Waals surface area contributed by atoms with Crippen LogP contribution < -0.4 is 0 Å². The molecule has 120 valence electrons. The smallest absolute Gasteiger partial charge is 0.187 e. The number of rotatable bonds is 3. The third-order valence-corrected chi connectivity index (χ3v) is 4.25. The van der Waals surface area contributed by atoms with Gasteiger partial charge in [0.05, 0.1) is 17.4 Å². The summed E-state index contributed by atoms with van der Waals surface area (Å²) in [7, 11) is -4.01. The fourth-order valence-corrected chi connectivity index (χ4v) is 2.61. The molecule has 6 heteroatoms. The van der Waals surface area contributed by atoms with Gasteiger partial charge in [0.2, 0.25) is 0 Å². The summed E-state index contributed by atoms with van der Waals surface area (Å²) in [5.41, 5.74) is 0.787. The lowest BCUT2D eigenvalue weighted by Crippen LogP contribution is -2.27. The zero-order valence-electron chi connectivity index (χ0n) is 13.5. The Morgan fingerprint density at radius 2 is 1.57 bits per heavy atom. The predicted molar refractivity (Wildman–Crippen MR) is 87.7 cm³/mol. The molecule has 0 aliphatic carbocycles. The predicted octanol–water partition coefficient (Wildman–Crippen LogP) is 2.38. The van der Waals surface area contributed by atoms with Crippen molar-refractivity contribution in [2.45, 2.75) is 32.6 Å². The highest BCUT2D eigenvalue weighted by atomic mass is 32.2. The highest BCUT2D eigenvalue weighted by Crippen LogP contribution is 2.15. The van der Waals surface area contributed by atoms with Crippen LogP contribution in [0.3, 0.4) is 0 Å². The highest BCUT2D eigenvalue weighted by Gasteiger charge is 2.25. The molecule has 0 saturated heterocycles. The van der Waals surface area contributed by atoms with E-state index in [1.165, 1.54) is 12.1 Å². The summed E-state index contributed by atoms with van der Waals surface area (Å²) in [6.07, 6.45) is 4.20. The molecule has 0 amide bonds. The first kappa shape index (κ1) is 20.1. The summed E-state index contributed by atoms with van der Waals surface area (Å²) in [6, 6.07) is 5.78. The van der Waals surface area contributed by atoms with Crippen molar-refractivity contribution in [2.75, 3.05) is 18.3 Å². The van der Waals surface area contributed by atoms with Crippen LogP contribution in [0.2, 0.25) is 0 Å². The van der Waals surface area contributed by atoms with Gasteiger partial charge in [-0.2, -0.15) is 0 Å². The molecule has 0 spiro atoms. The maximum absolute atomic E-state index is 11.3. The average Bonchev–Trinajstić information content (AvgIpc) is 2.26. The van der Waals surface area contributed by atoms with Gasteiger partial charge in [0.25, 0.3) is 0 Å². The first-order chi connectivity index (χ1) is 9.34. The van der Waals surface area contributed by atoms with Gasteiger partial charge in [0.1, 0.15) is 10.1 Å². The Morgan fingerprint density at radius 3 is 1.81 bits per heavy atom. The third-order valence-electron chi connectivity index (χ3n) is 2.57. The fraction of sp³-hybridized carbons (Fsp3) is 0.533. The number of ketones is 1. The Labute approximate surface area is 131 Å². The zero-order chi connectivity index (χ0) is 16.8. The molecule has 0 fully saturated rings. The molecule has 0 saturated carbocycles. The second-order valence-electron chi connectivity index (χ2n) is 6.07. The molecule has 0 heterocycles. The van der Waals surface area contributed by atoms with Crippen molar-refractivity contribution in [3.63, 3.8) is 0 Å². The molecular weight excluding hydrogens is 308 g/mol. The van der Waals surface area contributed by atoms with Crippen molar-refractivity contribution in [3.05, 3.63) is 29.8 Å². The fourth-order valence-electron chi connectivity index (χ4n) is 1.18. The molecule has 0 aromatic heterocycles. The van der Waals surface area contributed by atoms with Gasteiger partial charge in [0.15, 0.2) is 11.5 Å². The summed E-state index contributed by atoms with van der Waals surface area (Å²) < 4.78 is 31.2. The maximum Gasteiger partial charge on any atom is 0.187 e. The molecule has 21 heavy (non-hydrogen) atoms. The summed E-state index contributed by atoms with van der Waals surface area (Å²) in [5, 5.41) is 0. The van der Waals surface area contributed by atoms with E-state index >= 15 is 0 Å². The van der Waals surface area contributed by atoms with Crippen LogP contribution in [0.4, 0.5) is 0 Å². The van der Waals surface area contributed by atoms with Crippen LogP contribution in [0.1, 0.15) is 26.3 Å².